The topological polar surface area (TPSA) is 23.5 Å². The lowest BCUT2D eigenvalue weighted by Crippen LogP contribution is -2.44. The zero-order chi connectivity index (χ0) is 17.3. The van der Waals surface area contributed by atoms with Gasteiger partial charge in [0.05, 0.1) is 5.60 Å². The van der Waals surface area contributed by atoms with Crippen LogP contribution < -0.4 is 0 Å². The molecule has 3 heteroatoms. The monoisotopic (exact) mass is 341 g/mol. The van der Waals surface area contributed by atoms with E-state index in [2.05, 4.69) is 68.1 Å². The molecule has 0 aliphatic heterocycles. The molecule has 2 aromatic carbocycles. The number of likely N-dealkylation sites (N-methyl/N-ethyl adjacent to an activating group) is 1. The minimum absolute atomic E-state index is 0.0844. The van der Waals surface area contributed by atoms with Crippen LogP contribution in [-0.2, 0) is 0 Å². The second-order valence-corrected chi connectivity index (χ2v) is 7.98. The van der Waals surface area contributed by atoms with E-state index in [4.69, 9.17) is 0 Å². The first-order valence-corrected chi connectivity index (χ1v) is 9.63. The van der Waals surface area contributed by atoms with E-state index in [1.54, 1.807) is 0 Å². The maximum absolute atomic E-state index is 11.1. The molecule has 0 fully saturated rings. The molecule has 2 atom stereocenters. The quantitative estimate of drug-likeness (QED) is 0.662. The lowest BCUT2D eigenvalue weighted by molar-refractivity contribution is 0.00267. The van der Waals surface area contributed by atoms with Crippen LogP contribution in [0.1, 0.15) is 39.2 Å². The van der Waals surface area contributed by atoms with Crippen molar-refractivity contribution < 1.29 is 5.11 Å². The molecular weight excluding hydrogens is 314 g/mol. The first-order valence-electron chi connectivity index (χ1n) is 8.82. The molecule has 0 bridgehead atoms. The molecule has 0 radical (unpaired) electrons. The van der Waals surface area contributed by atoms with Gasteiger partial charge in [-0.15, -0.1) is 11.3 Å². The van der Waals surface area contributed by atoms with Crippen LogP contribution in [0.2, 0.25) is 0 Å². The summed E-state index contributed by atoms with van der Waals surface area (Å²) in [5.41, 5.74) is 0.467. The third-order valence-corrected chi connectivity index (χ3v) is 6.42. The third-order valence-electron chi connectivity index (χ3n) is 5.27. The van der Waals surface area contributed by atoms with Gasteiger partial charge in [-0.3, -0.25) is 0 Å². The first-order chi connectivity index (χ1) is 11.5. The zero-order valence-corrected chi connectivity index (χ0v) is 15.9. The minimum atomic E-state index is -0.745. The summed E-state index contributed by atoms with van der Waals surface area (Å²) in [6, 6.07) is 15.2. The Bertz CT molecular complexity index is 832. The normalized spacial score (nSPS) is 15.9. The largest absolute Gasteiger partial charge is 0.388 e. The molecule has 0 spiro atoms. The molecule has 3 aromatic rings. The molecule has 24 heavy (non-hydrogen) atoms. The lowest BCUT2D eigenvalue weighted by Gasteiger charge is -2.35. The molecule has 2 unspecified atom stereocenters. The van der Waals surface area contributed by atoms with Gasteiger partial charge in [0.1, 0.15) is 0 Å². The maximum atomic E-state index is 11.1. The van der Waals surface area contributed by atoms with E-state index in [0.717, 1.165) is 13.1 Å². The Balaban J connectivity index is 1.97. The van der Waals surface area contributed by atoms with E-state index >= 15 is 0 Å². The van der Waals surface area contributed by atoms with E-state index in [0.29, 0.717) is 6.54 Å². The van der Waals surface area contributed by atoms with Crippen LogP contribution in [-0.4, -0.2) is 35.2 Å². The summed E-state index contributed by atoms with van der Waals surface area (Å²) in [6.45, 7) is 11.0. The van der Waals surface area contributed by atoms with Gasteiger partial charge in [-0.05, 0) is 43.8 Å². The highest BCUT2D eigenvalue weighted by Gasteiger charge is 2.31. The fourth-order valence-corrected chi connectivity index (χ4v) is 4.50. The van der Waals surface area contributed by atoms with E-state index in [1.165, 1.54) is 25.7 Å². The summed E-state index contributed by atoms with van der Waals surface area (Å²) in [5, 5.41) is 13.7. The van der Waals surface area contributed by atoms with Crippen LogP contribution in [0.3, 0.4) is 0 Å². The molecule has 2 nitrogen and oxygen atoms in total. The number of thiophene rings is 1. The van der Waals surface area contributed by atoms with Gasteiger partial charge in [0.25, 0.3) is 0 Å². The SMILES string of the molecule is CCN(CC)CC(C)(O)C(C)c1ccc2sc3ccccc3c2c1. The molecule has 0 amide bonds. The molecule has 0 saturated heterocycles. The molecule has 0 saturated carbocycles. The van der Waals surface area contributed by atoms with Crippen LogP contribution in [0.25, 0.3) is 20.2 Å². The van der Waals surface area contributed by atoms with E-state index in [-0.39, 0.29) is 5.92 Å². The van der Waals surface area contributed by atoms with Crippen molar-refractivity contribution >= 4 is 31.5 Å². The number of hydrogen-bond acceptors (Lipinski definition) is 3. The lowest BCUT2D eigenvalue weighted by atomic mass is 9.84. The number of nitrogens with zero attached hydrogens (tertiary/aromatic N) is 1. The first kappa shape index (κ1) is 17.4. The fraction of sp³-hybridized carbons (Fsp3) is 0.429. The van der Waals surface area contributed by atoms with E-state index in [9.17, 15) is 5.11 Å². The molecule has 0 aliphatic rings. The van der Waals surface area contributed by atoms with Crippen molar-refractivity contribution in [3.8, 4) is 0 Å². The predicted molar refractivity (Wildman–Crippen MR) is 106 cm³/mol. The van der Waals surface area contributed by atoms with E-state index in [1.807, 2.05) is 18.3 Å². The van der Waals surface area contributed by atoms with Gasteiger partial charge in [0, 0.05) is 32.6 Å². The van der Waals surface area contributed by atoms with Crippen LogP contribution in [0, 0.1) is 0 Å². The Morgan fingerprint density at radius 2 is 1.71 bits per heavy atom. The van der Waals surface area contributed by atoms with Gasteiger partial charge < -0.3 is 10.0 Å². The van der Waals surface area contributed by atoms with Crippen molar-refractivity contribution in [2.24, 2.45) is 0 Å². The Labute approximate surface area is 148 Å². The number of hydrogen-bond donors (Lipinski definition) is 1. The zero-order valence-electron chi connectivity index (χ0n) is 15.0. The highest BCUT2D eigenvalue weighted by molar-refractivity contribution is 7.25. The molecule has 1 heterocycles. The Hall–Kier alpha value is -1.42. The van der Waals surface area contributed by atoms with Crippen LogP contribution in [0.4, 0.5) is 0 Å². The van der Waals surface area contributed by atoms with Gasteiger partial charge in [0.2, 0.25) is 0 Å². The molecular formula is C21H27NOS. The van der Waals surface area contributed by atoms with Crippen molar-refractivity contribution in [1.29, 1.82) is 0 Å². The predicted octanol–water partition coefficient (Wildman–Crippen LogP) is 5.25. The summed E-state index contributed by atoms with van der Waals surface area (Å²) in [4.78, 5) is 2.29. The average molecular weight is 342 g/mol. The number of benzene rings is 2. The maximum Gasteiger partial charge on any atom is 0.0811 e. The fourth-order valence-electron chi connectivity index (χ4n) is 3.41. The Morgan fingerprint density at radius 3 is 2.42 bits per heavy atom. The van der Waals surface area contributed by atoms with Gasteiger partial charge in [-0.1, -0.05) is 45.0 Å². The molecule has 1 aromatic heterocycles. The highest BCUT2D eigenvalue weighted by atomic mass is 32.1. The Morgan fingerprint density at radius 1 is 1.04 bits per heavy atom. The standard InChI is InChI=1S/C21H27NOS/c1-5-22(6-2)14-21(4,23)15(3)16-11-12-20-18(13-16)17-9-7-8-10-19(17)24-20/h7-13,15,23H,5-6,14H2,1-4H3. The Kier molecular flexibility index (Phi) is 4.95. The van der Waals surface area contributed by atoms with Crippen LogP contribution in [0.5, 0.6) is 0 Å². The van der Waals surface area contributed by atoms with Crippen LogP contribution in [0.15, 0.2) is 42.5 Å². The summed E-state index contributed by atoms with van der Waals surface area (Å²) in [7, 11) is 0. The van der Waals surface area contributed by atoms with Crippen LogP contribution >= 0.6 is 11.3 Å². The molecule has 0 aliphatic carbocycles. The summed E-state index contributed by atoms with van der Waals surface area (Å²) in [6.07, 6.45) is 0. The van der Waals surface area contributed by atoms with Gasteiger partial charge in [-0.25, -0.2) is 0 Å². The van der Waals surface area contributed by atoms with Crippen molar-refractivity contribution in [3.05, 3.63) is 48.0 Å². The summed E-state index contributed by atoms with van der Waals surface area (Å²) >= 11 is 1.84. The van der Waals surface area contributed by atoms with Crippen molar-refractivity contribution in [3.63, 3.8) is 0 Å². The second-order valence-electron chi connectivity index (χ2n) is 6.89. The number of rotatable bonds is 6. The van der Waals surface area contributed by atoms with Gasteiger partial charge in [-0.2, -0.15) is 0 Å². The van der Waals surface area contributed by atoms with Gasteiger partial charge in [0.15, 0.2) is 0 Å². The van der Waals surface area contributed by atoms with Crippen molar-refractivity contribution in [2.75, 3.05) is 19.6 Å². The van der Waals surface area contributed by atoms with Crippen molar-refractivity contribution in [2.45, 2.75) is 39.2 Å². The number of aliphatic hydroxyl groups is 1. The van der Waals surface area contributed by atoms with Gasteiger partial charge >= 0.3 is 0 Å². The average Bonchev–Trinajstić information content (AvgIpc) is 2.96. The molecule has 1 N–H and O–H groups in total. The highest BCUT2D eigenvalue weighted by Crippen LogP contribution is 2.37. The number of fused-ring (bicyclic) bond motifs is 3. The second kappa shape index (κ2) is 6.83. The smallest absolute Gasteiger partial charge is 0.0811 e. The molecule has 128 valence electrons. The molecule has 3 rings (SSSR count). The summed E-state index contributed by atoms with van der Waals surface area (Å²) < 4.78 is 2.64. The van der Waals surface area contributed by atoms with E-state index < -0.39 is 5.60 Å². The van der Waals surface area contributed by atoms with Crippen molar-refractivity contribution in [1.82, 2.24) is 4.90 Å². The third kappa shape index (κ3) is 3.21. The summed E-state index contributed by atoms with van der Waals surface area (Å²) in [5.74, 6) is 0.0844. The minimum Gasteiger partial charge on any atom is -0.388 e.